The van der Waals surface area contributed by atoms with Crippen molar-refractivity contribution in [2.24, 2.45) is 0 Å². The van der Waals surface area contributed by atoms with E-state index in [9.17, 15) is 0 Å². The summed E-state index contributed by atoms with van der Waals surface area (Å²) in [4.78, 5) is 0. The largest absolute Gasteiger partial charge is 0.271 e. The Kier molecular flexibility index (Phi) is 4.15. The van der Waals surface area contributed by atoms with E-state index in [0.29, 0.717) is 0 Å². The van der Waals surface area contributed by atoms with Crippen LogP contribution in [-0.2, 0) is 6.54 Å². The second-order valence-electron chi connectivity index (χ2n) is 1.74. The van der Waals surface area contributed by atoms with Crippen LogP contribution in [0.3, 0.4) is 0 Å². The molecule has 0 bridgehead atoms. The second kappa shape index (κ2) is 4.97. The van der Waals surface area contributed by atoms with Crippen molar-refractivity contribution in [2.75, 3.05) is 6.54 Å². The van der Waals surface area contributed by atoms with Crippen molar-refractivity contribution >= 4 is 30.3 Å². The van der Waals surface area contributed by atoms with E-state index in [4.69, 9.17) is 0 Å². The predicted molar refractivity (Wildman–Crippen MR) is 51.8 cm³/mol. The van der Waals surface area contributed by atoms with Crippen LogP contribution in [0.1, 0.15) is 0 Å². The van der Waals surface area contributed by atoms with Gasteiger partial charge in [-0.15, -0.1) is 0 Å². The first-order valence-electron chi connectivity index (χ1n) is 2.91. The smallest absolute Gasteiger partial charge is 0.0543 e. The Hall–Kier alpha value is 0.250. The standard InChI is InChI=1S/C5H8IN3S/c6-10-8-3-5-9-4-1-2-7-9/h1-2,4,8H,3,5H2. The van der Waals surface area contributed by atoms with E-state index < -0.39 is 0 Å². The average Bonchev–Trinajstić information content (AvgIpc) is 2.41. The zero-order valence-electron chi connectivity index (χ0n) is 5.33. The maximum atomic E-state index is 4.05. The molecule has 56 valence electrons. The van der Waals surface area contributed by atoms with Crippen molar-refractivity contribution in [3.8, 4) is 0 Å². The molecular weight excluding hydrogens is 261 g/mol. The fraction of sp³-hybridized carbons (Fsp3) is 0.400. The van der Waals surface area contributed by atoms with Crippen LogP contribution in [0.25, 0.3) is 0 Å². The lowest BCUT2D eigenvalue weighted by Crippen LogP contribution is -2.11. The Balaban J connectivity index is 2.15. The van der Waals surface area contributed by atoms with Gasteiger partial charge in [0.25, 0.3) is 0 Å². The molecule has 0 aliphatic carbocycles. The van der Waals surface area contributed by atoms with Gasteiger partial charge in [0.2, 0.25) is 0 Å². The SMILES string of the molecule is ISNCCn1cccn1. The molecule has 1 N–H and O–H groups in total. The molecule has 0 saturated carbocycles. The van der Waals surface area contributed by atoms with Crippen molar-refractivity contribution < 1.29 is 0 Å². The van der Waals surface area contributed by atoms with Crippen molar-refractivity contribution in [3.63, 3.8) is 0 Å². The van der Waals surface area contributed by atoms with E-state index in [2.05, 4.69) is 31.0 Å². The van der Waals surface area contributed by atoms with Crippen molar-refractivity contribution in [1.82, 2.24) is 14.5 Å². The summed E-state index contributed by atoms with van der Waals surface area (Å²) >= 11 is 2.20. The summed E-state index contributed by atoms with van der Waals surface area (Å²) in [5.41, 5.74) is 0. The van der Waals surface area contributed by atoms with Crippen LogP contribution in [0.5, 0.6) is 0 Å². The van der Waals surface area contributed by atoms with Gasteiger partial charge >= 0.3 is 0 Å². The lowest BCUT2D eigenvalue weighted by Gasteiger charge is -1.98. The molecule has 0 spiro atoms. The second-order valence-corrected chi connectivity index (χ2v) is 3.50. The van der Waals surface area contributed by atoms with Gasteiger partial charge in [-0.05, 0) is 15.2 Å². The Morgan fingerprint density at radius 3 is 3.20 bits per heavy atom. The van der Waals surface area contributed by atoms with Crippen molar-refractivity contribution in [1.29, 1.82) is 0 Å². The number of aromatic nitrogens is 2. The predicted octanol–water partition coefficient (Wildman–Crippen LogP) is 1.47. The number of halogens is 1. The Labute approximate surface area is 76.3 Å². The highest BCUT2D eigenvalue weighted by atomic mass is 127. The summed E-state index contributed by atoms with van der Waals surface area (Å²) in [5, 5.41) is 4.05. The van der Waals surface area contributed by atoms with Crippen LogP contribution >= 0.6 is 30.3 Å². The van der Waals surface area contributed by atoms with Crippen molar-refractivity contribution in [2.45, 2.75) is 6.54 Å². The lowest BCUT2D eigenvalue weighted by atomic mass is 10.6. The minimum atomic E-state index is 0.934. The van der Waals surface area contributed by atoms with Crippen LogP contribution < -0.4 is 4.72 Å². The summed E-state index contributed by atoms with van der Waals surface area (Å²) in [6.45, 7) is 1.89. The van der Waals surface area contributed by atoms with Gasteiger partial charge in [0.15, 0.2) is 0 Å². The zero-order chi connectivity index (χ0) is 7.23. The summed E-state index contributed by atoms with van der Waals surface area (Å²) in [7, 11) is 1.60. The van der Waals surface area contributed by atoms with Crippen molar-refractivity contribution in [3.05, 3.63) is 18.5 Å². The molecule has 0 unspecified atom stereocenters. The Bertz CT molecular complexity index is 165. The van der Waals surface area contributed by atoms with E-state index in [1.807, 2.05) is 16.9 Å². The van der Waals surface area contributed by atoms with E-state index in [1.54, 1.807) is 15.3 Å². The van der Waals surface area contributed by atoms with Crippen LogP contribution in [0.15, 0.2) is 18.5 Å². The normalized spacial score (nSPS) is 10.1. The van der Waals surface area contributed by atoms with E-state index in [-0.39, 0.29) is 0 Å². The highest BCUT2D eigenvalue weighted by Gasteiger charge is 1.87. The van der Waals surface area contributed by atoms with Gasteiger partial charge < -0.3 is 0 Å². The molecule has 0 fully saturated rings. The van der Waals surface area contributed by atoms with Gasteiger partial charge in [-0.25, -0.2) is 0 Å². The molecule has 1 aromatic rings. The van der Waals surface area contributed by atoms with Gasteiger partial charge in [-0.2, -0.15) is 5.10 Å². The molecule has 1 rings (SSSR count). The number of hydrogen-bond acceptors (Lipinski definition) is 3. The number of nitrogens with zero attached hydrogens (tertiary/aromatic N) is 2. The highest BCUT2D eigenvalue weighted by Crippen LogP contribution is 2.02. The molecule has 0 aromatic carbocycles. The van der Waals surface area contributed by atoms with Crippen LogP contribution in [0.2, 0.25) is 0 Å². The van der Waals surface area contributed by atoms with Gasteiger partial charge in [0.1, 0.15) is 0 Å². The van der Waals surface area contributed by atoms with Crippen LogP contribution in [-0.4, -0.2) is 16.3 Å². The third-order valence-electron chi connectivity index (χ3n) is 1.06. The summed E-state index contributed by atoms with van der Waals surface area (Å²) < 4.78 is 5.03. The monoisotopic (exact) mass is 269 g/mol. The molecule has 1 aromatic heterocycles. The molecule has 0 saturated heterocycles. The molecular formula is C5H8IN3S. The van der Waals surface area contributed by atoms with E-state index in [0.717, 1.165) is 13.1 Å². The number of nitrogens with one attached hydrogen (secondary N) is 1. The maximum absolute atomic E-state index is 4.05. The molecule has 0 amide bonds. The summed E-state index contributed by atoms with van der Waals surface area (Å²) in [5.74, 6) is 0. The lowest BCUT2D eigenvalue weighted by molar-refractivity contribution is 0.613. The molecule has 3 nitrogen and oxygen atoms in total. The van der Waals surface area contributed by atoms with E-state index in [1.165, 1.54) is 0 Å². The number of hydrogen-bond donors (Lipinski definition) is 1. The van der Waals surface area contributed by atoms with Gasteiger partial charge in [0.05, 0.1) is 6.54 Å². The fourth-order valence-corrected chi connectivity index (χ4v) is 1.46. The molecule has 0 radical (unpaired) electrons. The van der Waals surface area contributed by atoms with Crippen LogP contribution in [0.4, 0.5) is 0 Å². The van der Waals surface area contributed by atoms with Gasteiger partial charge in [0, 0.05) is 40.1 Å². The summed E-state index contributed by atoms with van der Waals surface area (Å²) in [6, 6.07) is 1.93. The topological polar surface area (TPSA) is 29.9 Å². The fourth-order valence-electron chi connectivity index (χ4n) is 0.631. The quantitative estimate of drug-likeness (QED) is 0.510. The Morgan fingerprint density at radius 2 is 2.60 bits per heavy atom. The molecule has 5 heteroatoms. The minimum Gasteiger partial charge on any atom is -0.271 e. The first-order chi connectivity index (χ1) is 4.93. The van der Waals surface area contributed by atoms with E-state index >= 15 is 0 Å². The Morgan fingerprint density at radius 1 is 1.70 bits per heavy atom. The summed E-state index contributed by atoms with van der Waals surface area (Å²) in [6.07, 6.45) is 3.75. The van der Waals surface area contributed by atoms with Gasteiger partial charge in [-0.3, -0.25) is 9.40 Å². The first-order valence-corrected chi connectivity index (χ1v) is 6.27. The maximum Gasteiger partial charge on any atom is 0.0543 e. The molecule has 10 heavy (non-hydrogen) atoms. The third kappa shape index (κ3) is 2.89. The van der Waals surface area contributed by atoms with Crippen LogP contribution in [0, 0.1) is 0 Å². The zero-order valence-corrected chi connectivity index (χ0v) is 8.30. The minimum absolute atomic E-state index is 0.934. The molecule has 1 heterocycles. The average molecular weight is 269 g/mol. The number of rotatable bonds is 4. The molecule has 0 aliphatic heterocycles. The first kappa shape index (κ1) is 8.35. The molecule has 0 aliphatic rings. The third-order valence-corrected chi connectivity index (χ3v) is 2.30. The highest BCUT2D eigenvalue weighted by molar-refractivity contribution is 14.2. The van der Waals surface area contributed by atoms with Gasteiger partial charge in [-0.1, -0.05) is 0 Å². The molecule has 0 atom stereocenters.